The molecule has 16 heavy (non-hydrogen) atoms. The summed E-state index contributed by atoms with van der Waals surface area (Å²) in [6, 6.07) is 18.1. The van der Waals surface area contributed by atoms with E-state index in [0.29, 0.717) is 0 Å². The number of hydrogen-bond acceptors (Lipinski definition) is 0. The van der Waals surface area contributed by atoms with Crippen molar-refractivity contribution in [1.82, 2.24) is 0 Å². The van der Waals surface area contributed by atoms with Gasteiger partial charge in [-0.3, -0.25) is 0 Å². The molecule has 0 bridgehead atoms. The molecule has 0 aromatic heterocycles. The van der Waals surface area contributed by atoms with Gasteiger partial charge in [-0.2, -0.15) is 29.8 Å². The number of halogens is 2. The number of benzene rings is 2. The average molecular weight is 337 g/mol. The molecule has 84 valence electrons. The Labute approximate surface area is 111 Å². The van der Waals surface area contributed by atoms with Gasteiger partial charge in [-0.15, -0.1) is 5.56 Å². The Morgan fingerprint density at radius 2 is 1.69 bits per heavy atom. The molecule has 0 radical (unpaired) electrons. The SMILES string of the molecule is [Cl][Ru][Cl].[c-]1cccc2c1Cc1ccccc1-2. The molecule has 0 unspecified atom stereocenters. The molecule has 3 heteroatoms. The molecule has 3 rings (SSSR count). The molecule has 0 saturated carbocycles. The fourth-order valence-electron chi connectivity index (χ4n) is 2.00. The van der Waals surface area contributed by atoms with Crippen LogP contribution in [0.25, 0.3) is 11.1 Å². The van der Waals surface area contributed by atoms with Crippen molar-refractivity contribution in [3.8, 4) is 11.1 Å². The van der Waals surface area contributed by atoms with E-state index < -0.39 is 0 Å². The van der Waals surface area contributed by atoms with Crippen LogP contribution in [-0.2, 0) is 21.6 Å². The van der Waals surface area contributed by atoms with Gasteiger partial charge in [-0.1, -0.05) is 35.4 Å². The molecule has 0 heterocycles. The van der Waals surface area contributed by atoms with Crippen LogP contribution in [0.2, 0.25) is 0 Å². The number of hydrogen-bond donors (Lipinski definition) is 0. The van der Waals surface area contributed by atoms with E-state index in [9.17, 15) is 0 Å². The first-order chi connectivity index (χ1) is 7.86. The Kier molecular flexibility index (Phi) is 4.40. The predicted octanol–water partition coefficient (Wildman–Crippen LogP) is 4.43. The van der Waals surface area contributed by atoms with E-state index in [4.69, 9.17) is 19.4 Å². The van der Waals surface area contributed by atoms with E-state index in [2.05, 4.69) is 42.5 Å². The molecule has 0 nitrogen and oxygen atoms in total. The topological polar surface area (TPSA) is 0 Å². The molecule has 1 aliphatic rings. The molecule has 2 aromatic rings. The van der Waals surface area contributed by atoms with Crippen LogP contribution in [0.3, 0.4) is 0 Å². The molecule has 1 aliphatic carbocycles. The van der Waals surface area contributed by atoms with Gasteiger partial charge in [0.1, 0.15) is 0 Å². The second-order valence-corrected chi connectivity index (χ2v) is 6.09. The quantitative estimate of drug-likeness (QED) is 0.420. The summed E-state index contributed by atoms with van der Waals surface area (Å²) in [6.45, 7) is 0. The van der Waals surface area contributed by atoms with Crippen molar-refractivity contribution in [2.45, 2.75) is 6.42 Å². The maximum absolute atomic E-state index is 4.85. The van der Waals surface area contributed by atoms with E-state index in [1.807, 2.05) is 6.07 Å². The van der Waals surface area contributed by atoms with Crippen molar-refractivity contribution >= 4 is 19.4 Å². The number of rotatable bonds is 0. The smallest absolute Gasteiger partial charge is 0.0253 e. The summed E-state index contributed by atoms with van der Waals surface area (Å²) in [4.78, 5) is 0. The first kappa shape index (κ1) is 12.1. The van der Waals surface area contributed by atoms with E-state index >= 15 is 0 Å². The molecular formula is C13H9Cl2Ru-. The van der Waals surface area contributed by atoms with Crippen LogP contribution in [0.1, 0.15) is 11.1 Å². The monoisotopic (exact) mass is 337 g/mol. The van der Waals surface area contributed by atoms with Crippen LogP contribution in [-0.4, -0.2) is 0 Å². The van der Waals surface area contributed by atoms with Crippen LogP contribution in [0.5, 0.6) is 0 Å². The molecule has 0 spiro atoms. The fraction of sp³-hybridized carbons (Fsp3) is 0.0769. The average Bonchev–Trinajstić information content (AvgIpc) is 2.68. The van der Waals surface area contributed by atoms with Gasteiger partial charge in [0, 0.05) is 0 Å². The van der Waals surface area contributed by atoms with Crippen LogP contribution in [0.4, 0.5) is 0 Å². The Hall–Kier alpha value is -0.357. The second kappa shape index (κ2) is 5.82. The van der Waals surface area contributed by atoms with Crippen LogP contribution >= 0.6 is 19.4 Å². The van der Waals surface area contributed by atoms with E-state index in [-0.39, 0.29) is 15.1 Å². The minimum Gasteiger partial charge on any atom is -0.179 e. The number of fused-ring (bicyclic) bond motifs is 3. The van der Waals surface area contributed by atoms with Crippen molar-refractivity contribution in [1.29, 1.82) is 0 Å². The van der Waals surface area contributed by atoms with Crippen molar-refractivity contribution in [3.63, 3.8) is 0 Å². The van der Waals surface area contributed by atoms with Gasteiger partial charge in [0.05, 0.1) is 0 Å². The third-order valence-corrected chi connectivity index (χ3v) is 2.62. The van der Waals surface area contributed by atoms with Gasteiger partial charge in [0.25, 0.3) is 0 Å². The molecule has 0 amide bonds. The van der Waals surface area contributed by atoms with Gasteiger partial charge < -0.3 is 0 Å². The molecular weight excluding hydrogens is 328 g/mol. The Morgan fingerprint density at radius 1 is 1.00 bits per heavy atom. The normalized spacial score (nSPS) is 11.4. The van der Waals surface area contributed by atoms with Gasteiger partial charge in [0.15, 0.2) is 0 Å². The van der Waals surface area contributed by atoms with E-state index in [1.165, 1.54) is 22.3 Å². The van der Waals surface area contributed by atoms with E-state index in [1.54, 1.807) is 0 Å². The fourth-order valence-corrected chi connectivity index (χ4v) is 2.00. The zero-order chi connectivity index (χ0) is 11.4. The third kappa shape index (κ3) is 2.48. The van der Waals surface area contributed by atoms with E-state index in [0.717, 1.165) is 6.42 Å². The largest absolute Gasteiger partial charge is 0.179 e. The predicted molar refractivity (Wildman–Crippen MR) is 65.2 cm³/mol. The molecule has 0 fully saturated rings. The van der Waals surface area contributed by atoms with Gasteiger partial charge >= 0.3 is 34.5 Å². The van der Waals surface area contributed by atoms with Crippen LogP contribution in [0.15, 0.2) is 42.5 Å². The van der Waals surface area contributed by atoms with Crippen molar-refractivity contribution in [2.24, 2.45) is 0 Å². The maximum Gasteiger partial charge on any atom is -0.0253 e. The summed E-state index contributed by atoms with van der Waals surface area (Å²) >= 11 is -0.346. The zero-order valence-electron chi connectivity index (χ0n) is 8.36. The van der Waals surface area contributed by atoms with Crippen LogP contribution in [0, 0.1) is 6.07 Å². The Morgan fingerprint density at radius 3 is 2.50 bits per heavy atom. The standard InChI is InChI=1S/C13H9.2ClH.Ru/c1-3-7-12-10(5-1)9-11-6-2-4-8-13(11)12;;;/h1-5,7-8H,9H2;2*1H;/q-1;;;+2/p-2. The summed E-state index contributed by atoms with van der Waals surface area (Å²) < 4.78 is 0. The minimum absolute atomic E-state index is 0.346. The molecule has 0 atom stereocenters. The van der Waals surface area contributed by atoms with Gasteiger partial charge in [-0.25, -0.2) is 0 Å². The summed E-state index contributed by atoms with van der Waals surface area (Å²) in [5.74, 6) is 0. The molecule has 2 aromatic carbocycles. The zero-order valence-corrected chi connectivity index (χ0v) is 11.6. The van der Waals surface area contributed by atoms with Crippen molar-refractivity contribution in [2.75, 3.05) is 0 Å². The molecule has 0 aliphatic heterocycles. The minimum atomic E-state index is -0.346. The van der Waals surface area contributed by atoms with Gasteiger partial charge in [-0.05, 0) is 6.42 Å². The van der Waals surface area contributed by atoms with Crippen molar-refractivity contribution < 1.29 is 15.1 Å². The maximum atomic E-state index is 4.85. The third-order valence-electron chi connectivity index (χ3n) is 2.62. The first-order valence-electron chi connectivity index (χ1n) is 4.80. The summed E-state index contributed by atoms with van der Waals surface area (Å²) in [5, 5.41) is 0. The molecule has 0 saturated heterocycles. The second-order valence-electron chi connectivity index (χ2n) is 3.45. The summed E-state index contributed by atoms with van der Waals surface area (Å²) in [7, 11) is 9.71. The van der Waals surface area contributed by atoms with Gasteiger partial charge in [0.2, 0.25) is 0 Å². The summed E-state index contributed by atoms with van der Waals surface area (Å²) in [6.07, 6.45) is 1.05. The first-order valence-corrected chi connectivity index (χ1v) is 9.27. The Balaban J connectivity index is 0.000000292. The summed E-state index contributed by atoms with van der Waals surface area (Å²) in [5.41, 5.74) is 5.51. The Bertz CT molecular complexity index is 439. The van der Waals surface area contributed by atoms with Crippen LogP contribution < -0.4 is 0 Å². The molecule has 0 N–H and O–H groups in total. The van der Waals surface area contributed by atoms with Crippen molar-refractivity contribution in [3.05, 3.63) is 59.7 Å².